The van der Waals surface area contributed by atoms with Gasteiger partial charge in [-0.05, 0) is 45.1 Å². The largest absolute Gasteiger partial charge is 0.388 e. The predicted octanol–water partition coefficient (Wildman–Crippen LogP) is 2.46. The molecule has 0 amide bonds. The summed E-state index contributed by atoms with van der Waals surface area (Å²) >= 11 is 0. The first kappa shape index (κ1) is 13.5. The van der Waals surface area contributed by atoms with Crippen molar-refractivity contribution in [2.45, 2.75) is 58.5 Å². The van der Waals surface area contributed by atoms with Gasteiger partial charge < -0.3 is 10.6 Å². The molecule has 3 nitrogen and oxygen atoms in total. The second kappa shape index (κ2) is 5.67. The lowest BCUT2D eigenvalue weighted by Gasteiger charge is -2.40. The van der Waals surface area contributed by atoms with Crippen molar-refractivity contribution in [1.29, 1.82) is 5.41 Å². The molecule has 94 valence electrons. The molecule has 1 saturated carbocycles. The van der Waals surface area contributed by atoms with Gasteiger partial charge in [0.1, 0.15) is 0 Å². The van der Waals surface area contributed by atoms with Gasteiger partial charge in [0.2, 0.25) is 0 Å². The highest BCUT2D eigenvalue weighted by Gasteiger charge is 2.28. The predicted molar refractivity (Wildman–Crippen MR) is 69.7 cm³/mol. The quantitative estimate of drug-likeness (QED) is 0.570. The van der Waals surface area contributed by atoms with Gasteiger partial charge in [-0.25, -0.2) is 0 Å². The van der Waals surface area contributed by atoms with Crippen molar-refractivity contribution in [3.63, 3.8) is 0 Å². The van der Waals surface area contributed by atoms with Gasteiger partial charge in [-0.1, -0.05) is 13.8 Å². The van der Waals surface area contributed by atoms with E-state index >= 15 is 0 Å². The summed E-state index contributed by atoms with van der Waals surface area (Å²) in [4.78, 5) is 2.42. The van der Waals surface area contributed by atoms with Crippen molar-refractivity contribution in [2.24, 2.45) is 17.6 Å². The number of rotatable bonds is 4. The lowest BCUT2D eigenvalue weighted by molar-refractivity contribution is 0.104. The zero-order valence-electron chi connectivity index (χ0n) is 11.2. The molecule has 0 aromatic rings. The monoisotopic (exact) mass is 225 g/mol. The summed E-state index contributed by atoms with van der Waals surface area (Å²) < 4.78 is 0. The van der Waals surface area contributed by atoms with E-state index in [0.29, 0.717) is 24.3 Å². The highest BCUT2D eigenvalue weighted by molar-refractivity contribution is 5.77. The third-order valence-corrected chi connectivity index (χ3v) is 3.94. The molecule has 3 unspecified atom stereocenters. The normalized spacial score (nSPS) is 32.7. The maximum atomic E-state index is 7.36. The van der Waals surface area contributed by atoms with Crippen LogP contribution >= 0.6 is 0 Å². The molecule has 0 aliphatic heterocycles. The Hall–Kier alpha value is -0.570. The Morgan fingerprint density at radius 1 is 1.31 bits per heavy atom. The van der Waals surface area contributed by atoms with Crippen LogP contribution in [0.3, 0.4) is 0 Å². The van der Waals surface area contributed by atoms with Gasteiger partial charge in [-0.2, -0.15) is 0 Å². The van der Waals surface area contributed by atoms with Crippen LogP contribution in [0.4, 0.5) is 0 Å². The van der Waals surface area contributed by atoms with Crippen molar-refractivity contribution in [1.82, 2.24) is 4.90 Å². The minimum Gasteiger partial charge on any atom is -0.388 e. The molecule has 3 heteroatoms. The number of nitrogens with zero attached hydrogens (tertiary/aromatic N) is 1. The minimum atomic E-state index is 0.302. The average Bonchev–Trinajstić information content (AvgIpc) is 2.13. The first-order valence-corrected chi connectivity index (χ1v) is 6.45. The van der Waals surface area contributed by atoms with Gasteiger partial charge in [0.05, 0.1) is 5.84 Å². The molecule has 0 saturated heterocycles. The molecule has 1 rings (SSSR count). The van der Waals surface area contributed by atoms with Crippen LogP contribution in [-0.2, 0) is 0 Å². The molecule has 0 radical (unpaired) electrons. The van der Waals surface area contributed by atoms with Crippen LogP contribution in [0.25, 0.3) is 0 Å². The molecular weight excluding hydrogens is 198 g/mol. The molecule has 1 aliphatic carbocycles. The summed E-state index contributed by atoms with van der Waals surface area (Å²) in [6.07, 6.45) is 4.65. The molecule has 1 fully saturated rings. The first-order valence-electron chi connectivity index (χ1n) is 6.45. The Labute approximate surface area is 99.9 Å². The molecule has 1 aliphatic rings. The van der Waals surface area contributed by atoms with Crippen LogP contribution in [0.5, 0.6) is 0 Å². The van der Waals surface area contributed by atoms with Gasteiger partial charge in [-0.3, -0.25) is 5.41 Å². The minimum absolute atomic E-state index is 0.302. The molecule has 0 bridgehead atoms. The van der Waals surface area contributed by atoms with Crippen molar-refractivity contribution in [2.75, 3.05) is 7.05 Å². The molecule has 0 aromatic carbocycles. The third kappa shape index (κ3) is 3.78. The lowest BCUT2D eigenvalue weighted by atomic mass is 9.79. The van der Waals surface area contributed by atoms with E-state index in [1.54, 1.807) is 0 Å². The van der Waals surface area contributed by atoms with E-state index in [9.17, 15) is 0 Å². The van der Waals surface area contributed by atoms with E-state index in [1.165, 1.54) is 19.3 Å². The van der Waals surface area contributed by atoms with Crippen molar-refractivity contribution < 1.29 is 0 Å². The summed E-state index contributed by atoms with van der Waals surface area (Å²) in [6.45, 7) is 6.88. The number of amidine groups is 1. The lowest BCUT2D eigenvalue weighted by Crippen LogP contribution is -2.44. The number of nitrogens with two attached hydrogens (primary N) is 1. The Morgan fingerprint density at radius 2 is 1.81 bits per heavy atom. The van der Waals surface area contributed by atoms with E-state index < -0.39 is 0 Å². The summed E-state index contributed by atoms with van der Waals surface area (Å²) in [7, 11) is 2.18. The summed E-state index contributed by atoms with van der Waals surface area (Å²) in [5.41, 5.74) is 5.47. The fourth-order valence-corrected chi connectivity index (χ4v) is 3.06. The zero-order valence-corrected chi connectivity index (χ0v) is 11.2. The maximum Gasteiger partial charge on any atom is 0.0920 e. The van der Waals surface area contributed by atoms with E-state index in [2.05, 4.69) is 32.7 Å². The molecule has 3 N–H and O–H groups in total. The van der Waals surface area contributed by atoms with E-state index in [1.807, 2.05) is 0 Å². The van der Waals surface area contributed by atoms with Gasteiger partial charge in [-0.15, -0.1) is 0 Å². The number of hydrogen-bond acceptors (Lipinski definition) is 2. The van der Waals surface area contributed by atoms with Crippen LogP contribution in [0.15, 0.2) is 0 Å². The molecule has 0 heterocycles. The average molecular weight is 225 g/mol. The van der Waals surface area contributed by atoms with Crippen LogP contribution in [0.2, 0.25) is 0 Å². The third-order valence-electron chi connectivity index (χ3n) is 3.94. The van der Waals surface area contributed by atoms with E-state index in [-0.39, 0.29) is 0 Å². The fraction of sp³-hybridized carbons (Fsp3) is 0.923. The highest BCUT2D eigenvalue weighted by atomic mass is 15.2. The van der Waals surface area contributed by atoms with E-state index in [0.717, 1.165) is 11.8 Å². The van der Waals surface area contributed by atoms with Gasteiger partial charge >= 0.3 is 0 Å². The fourth-order valence-electron chi connectivity index (χ4n) is 3.06. The van der Waals surface area contributed by atoms with Gasteiger partial charge in [0.25, 0.3) is 0 Å². The summed E-state index contributed by atoms with van der Waals surface area (Å²) in [5, 5.41) is 7.36. The zero-order chi connectivity index (χ0) is 12.3. The molecular formula is C13H27N3. The van der Waals surface area contributed by atoms with Crippen LogP contribution in [-0.4, -0.2) is 29.9 Å². The maximum absolute atomic E-state index is 7.36. The summed E-state index contributed by atoms with van der Waals surface area (Å²) in [6, 6.07) is 1.06. The van der Waals surface area contributed by atoms with Crippen molar-refractivity contribution in [3.8, 4) is 0 Å². The van der Waals surface area contributed by atoms with Crippen LogP contribution in [0, 0.1) is 17.2 Å². The SMILES string of the molecule is CC1CC(C)CC(N(C)C(C)CC(=N)N)C1. The topological polar surface area (TPSA) is 53.1 Å². The molecule has 16 heavy (non-hydrogen) atoms. The highest BCUT2D eigenvalue weighted by Crippen LogP contribution is 2.31. The van der Waals surface area contributed by atoms with Crippen molar-refractivity contribution >= 4 is 5.84 Å². The summed E-state index contributed by atoms with van der Waals surface area (Å²) in [5.74, 6) is 1.97. The second-order valence-corrected chi connectivity index (χ2v) is 5.82. The second-order valence-electron chi connectivity index (χ2n) is 5.82. The van der Waals surface area contributed by atoms with Crippen LogP contribution < -0.4 is 5.73 Å². The van der Waals surface area contributed by atoms with Crippen LogP contribution in [0.1, 0.15) is 46.5 Å². The smallest absolute Gasteiger partial charge is 0.0920 e. The number of nitrogens with one attached hydrogen (secondary N) is 1. The Bertz CT molecular complexity index is 229. The molecule has 0 aromatic heterocycles. The van der Waals surface area contributed by atoms with Gasteiger partial charge in [0.15, 0.2) is 0 Å². The first-order chi connectivity index (χ1) is 7.40. The molecule has 3 atom stereocenters. The Morgan fingerprint density at radius 3 is 2.25 bits per heavy atom. The van der Waals surface area contributed by atoms with E-state index in [4.69, 9.17) is 11.1 Å². The number of hydrogen-bond donors (Lipinski definition) is 2. The van der Waals surface area contributed by atoms with Gasteiger partial charge in [0, 0.05) is 18.5 Å². The standard InChI is InChI=1S/C13H27N3/c1-9-5-10(2)7-12(6-9)16(4)11(3)8-13(14)15/h9-12H,5-8H2,1-4H3,(H3,14,15). The molecule has 0 spiro atoms. The van der Waals surface area contributed by atoms with Crippen molar-refractivity contribution in [3.05, 3.63) is 0 Å². The Kier molecular flexibility index (Phi) is 4.78. The Balaban J connectivity index is 2.51.